The van der Waals surface area contributed by atoms with E-state index in [-0.39, 0.29) is 11.7 Å². The minimum atomic E-state index is -0.339. The van der Waals surface area contributed by atoms with Gasteiger partial charge in [0.2, 0.25) is 5.91 Å². The third-order valence-corrected chi connectivity index (χ3v) is 4.53. The van der Waals surface area contributed by atoms with E-state index in [0.29, 0.717) is 28.5 Å². The maximum atomic E-state index is 13.2. The van der Waals surface area contributed by atoms with Gasteiger partial charge < -0.3 is 5.32 Å². The molecule has 0 saturated heterocycles. The predicted octanol–water partition coefficient (Wildman–Crippen LogP) is 4.99. The first-order valence-corrected chi connectivity index (χ1v) is 8.84. The molecule has 1 aromatic heterocycles. The minimum absolute atomic E-state index is 0.323. The molecule has 3 aromatic rings. The molecule has 138 valence electrons. The van der Waals surface area contributed by atoms with Crippen LogP contribution in [0.15, 0.2) is 54.6 Å². The van der Waals surface area contributed by atoms with Gasteiger partial charge in [-0.05, 0) is 49.2 Å². The fourth-order valence-corrected chi connectivity index (χ4v) is 3.02. The second-order valence-electron chi connectivity index (χ2n) is 6.21. The lowest BCUT2D eigenvalue weighted by atomic mass is 10.2. The first-order valence-electron chi connectivity index (χ1n) is 8.46. The van der Waals surface area contributed by atoms with Crippen LogP contribution in [-0.4, -0.2) is 15.7 Å². The molecule has 0 aliphatic heterocycles. The van der Waals surface area contributed by atoms with Crippen LogP contribution in [0.5, 0.6) is 0 Å². The van der Waals surface area contributed by atoms with Crippen molar-refractivity contribution in [1.82, 2.24) is 9.78 Å². The molecular weight excluding hydrogens is 365 g/mol. The van der Waals surface area contributed by atoms with Crippen molar-refractivity contribution in [2.75, 3.05) is 5.32 Å². The summed E-state index contributed by atoms with van der Waals surface area (Å²) in [6.07, 6.45) is 3.03. The molecule has 6 heteroatoms. The number of aryl methyl sites for hydroxylation is 2. The first kappa shape index (κ1) is 18.9. The van der Waals surface area contributed by atoms with Gasteiger partial charge in [-0.15, -0.1) is 0 Å². The summed E-state index contributed by atoms with van der Waals surface area (Å²) < 4.78 is 14.9. The Kier molecular flexibility index (Phi) is 5.72. The summed E-state index contributed by atoms with van der Waals surface area (Å²) in [6.45, 7) is 4.13. The van der Waals surface area contributed by atoms with Gasteiger partial charge in [0.05, 0.1) is 12.2 Å². The van der Waals surface area contributed by atoms with Gasteiger partial charge in [-0.1, -0.05) is 41.9 Å². The Hall–Kier alpha value is -2.92. The van der Waals surface area contributed by atoms with E-state index < -0.39 is 0 Å². The van der Waals surface area contributed by atoms with Crippen molar-refractivity contribution in [3.63, 3.8) is 0 Å². The Balaban J connectivity index is 1.74. The number of hydrogen-bond donors (Lipinski definition) is 1. The van der Waals surface area contributed by atoms with E-state index in [1.165, 1.54) is 24.3 Å². The van der Waals surface area contributed by atoms with E-state index in [9.17, 15) is 9.18 Å². The third-order valence-electron chi connectivity index (χ3n) is 4.13. The summed E-state index contributed by atoms with van der Waals surface area (Å²) in [4.78, 5) is 12.2. The highest BCUT2D eigenvalue weighted by molar-refractivity contribution is 6.31. The molecule has 0 saturated carbocycles. The molecule has 0 unspecified atom stereocenters. The monoisotopic (exact) mass is 383 g/mol. The highest BCUT2D eigenvalue weighted by atomic mass is 35.5. The van der Waals surface area contributed by atoms with Crippen LogP contribution in [0.25, 0.3) is 6.08 Å². The Labute approximate surface area is 162 Å². The van der Waals surface area contributed by atoms with E-state index in [1.54, 1.807) is 17.7 Å². The number of nitrogens with zero attached hydrogens (tertiary/aromatic N) is 2. The number of amides is 1. The predicted molar refractivity (Wildman–Crippen MR) is 106 cm³/mol. The molecule has 1 amide bonds. The topological polar surface area (TPSA) is 46.9 Å². The van der Waals surface area contributed by atoms with Gasteiger partial charge in [0.1, 0.15) is 11.0 Å². The number of rotatable bonds is 5. The van der Waals surface area contributed by atoms with Gasteiger partial charge in [0.25, 0.3) is 0 Å². The Morgan fingerprint density at radius 1 is 1.22 bits per heavy atom. The van der Waals surface area contributed by atoms with Crippen molar-refractivity contribution in [2.45, 2.75) is 20.4 Å². The maximum Gasteiger partial charge on any atom is 0.248 e. The molecule has 0 fully saturated rings. The number of carbonyl (C=O) groups is 1. The van der Waals surface area contributed by atoms with E-state index in [2.05, 4.69) is 10.4 Å². The van der Waals surface area contributed by atoms with Crippen LogP contribution < -0.4 is 5.32 Å². The van der Waals surface area contributed by atoms with Crippen molar-refractivity contribution >= 4 is 29.3 Å². The van der Waals surface area contributed by atoms with Crippen LogP contribution in [0.4, 0.5) is 10.1 Å². The Morgan fingerprint density at radius 3 is 2.67 bits per heavy atom. The zero-order valence-electron chi connectivity index (χ0n) is 15.0. The fraction of sp³-hybridized carbons (Fsp3) is 0.143. The lowest BCUT2D eigenvalue weighted by molar-refractivity contribution is -0.111. The van der Waals surface area contributed by atoms with Crippen LogP contribution in [0.3, 0.4) is 0 Å². The van der Waals surface area contributed by atoms with E-state index in [1.807, 2.05) is 37.3 Å². The average Bonchev–Trinajstić information content (AvgIpc) is 2.90. The Bertz CT molecular complexity index is 996. The van der Waals surface area contributed by atoms with Gasteiger partial charge in [-0.3, -0.25) is 4.79 Å². The third kappa shape index (κ3) is 4.63. The molecule has 0 spiro atoms. The molecule has 0 atom stereocenters. The van der Waals surface area contributed by atoms with Crippen molar-refractivity contribution in [3.8, 4) is 0 Å². The molecule has 1 heterocycles. The average molecular weight is 384 g/mol. The number of halogens is 2. The molecule has 27 heavy (non-hydrogen) atoms. The maximum absolute atomic E-state index is 13.2. The summed E-state index contributed by atoms with van der Waals surface area (Å²) in [6, 6.07) is 14.1. The summed E-state index contributed by atoms with van der Waals surface area (Å²) in [7, 11) is 0. The summed E-state index contributed by atoms with van der Waals surface area (Å²) in [5.74, 6) is -0.662. The van der Waals surface area contributed by atoms with Crippen molar-refractivity contribution in [2.24, 2.45) is 0 Å². The SMILES string of the molecule is Cc1cc(F)ccc1NC(=O)/C=C/c1c(C)nn(Cc2ccccc2)c1Cl. The smallest absolute Gasteiger partial charge is 0.248 e. The molecule has 1 N–H and O–H groups in total. The van der Waals surface area contributed by atoms with E-state index in [0.717, 1.165) is 11.3 Å². The number of carbonyl (C=O) groups excluding carboxylic acids is 1. The second kappa shape index (κ2) is 8.18. The highest BCUT2D eigenvalue weighted by Crippen LogP contribution is 2.22. The number of hydrogen-bond acceptors (Lipinski definition) is 2. The zero-order valence-corrected chi connectivity index (χ0v) is 15.8. The van der Waals surface area contributed by atoms with E-state index >= 15 is 0 Å². The summed E-state index contributed by atoms with van der Waals surface area (Å²) >= 11 is 6.44. The molecular formula is C21H19ClFN3O. The van der Waals surface area contributed by atoms with Crippen molar-refractivity contribution < 1.29 is 9.18 Å². The van der Waals surface area contributed by atoms with Gasteiger partial charge in [-0.25, -0.2) is 9.07 Å². The minimum Gasteiger partial charge on any atom is -0.322 e. The highest BCUT2D eigenvalue weighted by Gasteiger charge is 2.12. The lowest BCUT2D eigenvalue weighted by Gasteiger charge is -2.06. The van der Waals surface area contributed by atoms with Crippen molar-refractivity contribution in [3.05, 3.63) is 88.0 Å². The van der Waals surface area contributed by atoms with Gasteiger partial charge in [0.15, 0.2) is 0 Å². The Morgan fingerprint density at radius 2 is 1.96 bits per heavy atom. The standard InChI is InChI=1S/C21H19ClFN3O/c1-14-12-17(23)8-10-19(14)24-20(27)11-9-18-15(2)25-26(21(18)22)13-16-6-4-3-5-7-16/h3-12H,13H2,1-2H3,(H,24,27)/b11-9+. The molecule has 0 bridgehead atoms. The van der Waals surface area contributed by atoms with Crippen LogP contribution in [-0.2, 0) is 11.3 Å². The second-order valence-corrected chi connectivity index (χ2v) is 6.57. The van der Waals surface area contributed by atoms with Crippen molar-refractivity contribution in [1.29, 1.82) is 0 Å². The number of benzene rings is 2. The lowest BCUT2D eigenvalue weighted by Crippen LogP contribution is -2.09. The molecule has 3 rings (SSSR count). The van der Waals surface area contributed by atoms with Gasteiger partial charge in [0, 0.05) is 17.3 Å². The molecule has 0 aliphatic carbocycles. The number of aromatic nitrogens is 2. The summed E-state index contributed by atoms with van der Waals surface area (Å²) in [5, 5.41) is 7.65. The van der Waals surface area contributed by atoms with E-state index in [4.69, 9.17) is 11.6 Å². The van der Waals surface area contributed by atoms with Crippen LogP contribution >= 0.6 is 11.6 Å². The van der Waals surface area contributed by atoms with Gasteiger partial charge >= 0.3 is 0 Å². The first-order chi connectivity index (χ1) is 12.9. The molecule has 0 radical (unpaired) electrons. The van der Waals surface area contributed by atoms with Gasteiger partial charge in [-0.2, -0.15) is 5.10 Å². The largest absolute Gasteiger partial charge is 0.322 e. The molecule has 0 aliphatic rings. The number of nitrogens with one attached hydrogen (secondary N) is 1. The van der Waals surface area contributed by atoms with Crippen LogP contribution in [0.1, 0.15) is 22.4 Å². The van der Waals surface area contributed by atoms with Crippen LogP contribution in [0, 0.1) is 19.7 Å². The zero-order chi connectivity index (χ0) is 19.4. The normalized spacial score (nSPS) is 11.1. The fourth-order valence-electron chi connectivity index (χ4n) is 2.72. The summed E-state index contributed by atoms with van der Waals surface area (Å²) in [5.41, 5.74) is 3.73. The molecule has 4 nitrogen and oxygen atoms in total. The quantitative estimate of drug-likeness (QED) is 0.631. The van der Waals surface area contributed by atoms with Crippen LogP contribution in [0.2, 0.25) is 5.15 Å². The number of anilines is 1. The molecule has 2 aromatic carbocycles.